The van der Waals surface area contributed by atoms with Crippen LogP contribution in [0.15, 0.2) is 35.4 Å². The summed E-state index contributed by atoms with van der Waals surface area (Å²) in [5.74, 6) is -4.45. The molecule has 5 N–H and O–H groups in total. The number of nitrogens with zero attached hydrogens (tertiary/aromatic N) is 2. The summed E-state index contributed by atoms with van der Waals surface area (Å²) in [6.45, 7) is 3.14. The number of nitrogens with two attached hydrogens (primary N) is 1. The first kappa shape index (κ1) is 20.8. The number of anilines is 1. The molecule has 0 aliphatic heterocycles. The van der Waals surface area contributed by atoms with E-state index in [1.807, 2.05) is 5.43 Å². The average molecular weight is 407 g/mol. The van der Waals surface area contributed by atoms with Gasteiger partial charge in [-0.25, -0.2) is 23.2 Å². The Bertz CT molecular complexity index is 1030. The van der Waals surface area contributed by atoms with Gasteiger partial charge in [0.05, 0.1) is 22.0 Å². The smallest absolute Gasteiger partial charge is 0.396 e. The molecule has 0 aliphatic rings. The molecule has 0 fully saturated rings. The summed E-state index contributed by atoms with van der Waals surface area (Å²) in [6.07, 6.45) is 1.29. The number of nitrogen functional groups attached to an aromatic ring is 1. The van der Waals surface area contributed by atoms with Crippen molar-refractivity contribution in [3.05, 3.63) is 36.2 Å². The quantitative estimate of drug-likeness (QED) is 0.392. The van der Waals surface area contributed by atoms with Crippen LogP contribution in [0.5, 0.6) is 0 Å². The highest BCUT2D eigenvalue weighted by atomic mass is 32.2. The van der Waals surface area contributed by atoms with Crippen molar-refractivity contribution < 1.29 is 27.9 Å². The number of aliphatic carboxylic acids is 1. The van der Waals surface area contributed by atoms with Gasteiger partial charge in [0.15, 0.2) is 21.3 Å². The van der Waals surface area contributed by atoms with Crippen LogP contribution in [-0.2, 0) is 19.4 Å². The predicted molar refractivity (Wildman–Crippen MR) is 97.4 cm³/mol. The molecule has 1 heterocycles. The first-order valence-electron chi connectivity index (χ1n) is 7.84. The molecular weight excluding hydrogens is 390 g/mol. The summed E-state index contributed by atoms with van der Waals surface area (Å²) in [5, 5.41) is 7.89. The van der Waals surface area contributed by atoms with E-state index in [0.717, 1.165) is 0 Å². The average Bonchev–Trinajstić information content (AvgIpc) is 2.66. The molecule has 148 valence electrons. The standard InChI is InChI=1S/C16H17N5O6S/c1-8(2)28(26,27)10-5-3-9(4-6-10)11-7-18-13(17)12(19-11)14(22)20-21-15(23)16(24)25/h3-8H,1-2H3,(H2,17,18)(H,20,22)(H,21,23)(H,24,25). The second-order valence-electron chi connectivity index (χ2n) is 5.82. The molecule has 2 rings (SSSR count). The van der Waals surface area contributed by atoms with Gasteiger partial charge in [0.1, 0.15) is 0 Å². The zero-order valence-corrected chi connectivity index (χ0v) is 15.6. The number of sulfone groups is 1. The fourth-order valence-corrected chi connectivity index (χ4v) is 3.08. The van der Waals surface area contributed by atoms with Gasteiger partial charge in [-0.1, -0.05) is 12.1 Å². The monoisotopic (exact) mass is 407 g/mol. The molecule has 1 aromatic heterocycles. The molecule has 0 atom stereocenters. The number of benzene rings is 1. The number of aromatic nitrogens is 2. The third-order valence-corrected chi connectivity index (χ3v) is 5.77. The van der Waals surface area contributed by atoms with Crippen LogP contribution >= 0.6 is 0 Å². The Hall–Kier alpha value is -3.54. The number of hydrogen-bond acceptors (Lipinski definition) is 8. The van der Waals surface area contributed by atoms with Gasteiger partial charge in [0.2, 0.25) is 0 Å². The van der Waals surface area contributed by atoms with E-state index >= 15 is 0 Å². The number of hydrogen-bond donors (Lipinski definition) is 4. The zero-order chi connectivity index (χ0) is 21.1. The Morgan fingerprint density at radius 1 is 1.11 bits per heavy atom. The highest BCUT2D eigenvalue weighted by Gasteiger charge is 2.20. The fraction of sp³-hybridized carbons (Fsp3) is 0.188. The molecule has 0 saturated heterocycles. The minimum Gasteiger partial charge on any atom is -0.474 e. The van der Waals surface area contributed by atoms with E-state index in [1.54, 1.807) is 19.3 Å². The lowest BCUT2D eigenvalue weighted by atomic mass is 10.1. The van der Waals surface area contributed by atoms with Gasteiger partial charge in [0, 0.05) is 5.56 Å². The van der Waals surface area contributed by atoms with Gasteiger partial charge >= 0.3 is 11.9 Å². The number of carboxylic acids is 1. The summed E-state index contributed by atoms with van der Waals surface area (Å²) in [4.78, 5) is 41.5. The second kappa shape index (κ2) is 8.00. The number of nitrogens with one attached hydrogen (secondary N) is 2. The van der Waals surface area contributed by atoms with Crippen LogP contribution in [0.2, 0.25) is 0 Å². The summed E-state index contributed by atoms with van der Waals surface area (Å²) in [5.41, 5.74) is 9.49. The molecule has 28 heavy (non-hydrogen) atoms. The zero-order valence-electron chi connectivity index (χ0n) is 14.8. The van der Waals surface area contributed by atoms with Gasteiger partial charge in [-0.05, 0) is 26.0 Å². The maximum Gasteiger partial charge on any atom is 0.396 e. The van der Waals surface area contributed by atoms with E-state index in [-0.39, 0.29) is 22.1 Å². The Kier molecular flexibility index (Phi) is 5.93. The molecule has 0 unspecified atom stereocenters. The van der Waals surface area contributed by atoms with Gasteiger partial charge in [-0.2, -0.15) is 0 Å². The Morgan fingerprint density at radius 2 is 1.71 bits per heavy atom. The molecule has 0 saturated carbocycles. The minimum atomic E-state index is -3.44. The van der Waals surface area contributed by atoms with Crippen molar-refractivity contribution in [3.63, 3.8) is 0 Å². The van der Waals surface area contributed by atoms with Crippen molar-refractivity contribution in [2.75, 3.05) is 5.73 Å². The summed E-state index contributed by atoms with van der Waals surface area (Å²) < 4.78 is 24.3. The first-order chi connectivity index (χ1) is 13.0. The van der Waals surface area contributed by atoms with Crippen LogP contribution in [0, 0.1) is 0 Å². The number of hydrazine groups is 1. The predicted octanol–water partition coefficient (Wildman–Crippen LogP) is -0.246. The lowest BCUT2D eigenvalue weighted by Gasteiger charge is -2.10. The number of amides is 2. The van der Waals surface area contributed by atoms with Crippen LogP contribution in [0.25, 0.3) is 11.3 Å². The summed E-state index contributed by atoms with van der Waals surface area (Å²) in [6, 6.07) is 5.83. The maximum absolute atomic E-state index is 12.2. The molecule has 0 spiro atoms. The van der Waals surface area contributed by atoms with Crippen LogP contribution in [0.3, 0.4) is 0 Å². The molecule has 0 aliphatic carbocycles. The van der Waals surface area contributed by atoms with Crippen molar-refractivity contribution in [3.8, 4) is 11.3 Å². The van der Waals surface area contributed by atoms with Crippen LogP contribution < -0.4 is 16.6 Å². The molecule has 2 amide bonds. The topological polar surface area (TPSA) is 181 Å². The second-order valence-corrected chi connectivity index (χ2v) is 8.32. The highest BCUT2D eigenvalue weighted by molar-refractivity contribution is 7.92. The van der Waals surface area contributed by atoms with Crippen molar-refractivity contribution in [1.82, 2.24) is 20.8 Å². The molecule has 0 radical (unpaired) electrons. The SMILES string of the molecule is CC(C)S(=O)(=O)c1ccc(-c2cnc(N)c(C(=O)NNC(=O)C(=O)O)n2)cc1. The van der Waals surface area contributed by atoms with Crippen LogP contribution in [0.4, 0.5) is 5.82 Å². The van der Waals surface area contributed by atoms with Crippen LogP contribution in [-0.4, -0.2) is 46.5 Å². The lowest BCUT2D eigenvalue weighted by Crippen LogP contribution is -2.45. The molecule has 2 aromatic rings. The summed E-state index contributed by atoms with van der Waals surface area (Å²) >= 11 is 0. The molecule has 1 aromatic carbocycles. The number of carbonyl (C=O) groups excluding carboxylic acids is 2. The van der Waals surface area contributed by atoms with Gasteiger partial charge in [0.25, 0.3) is 5.91 Å². The van der Waals surface area contributed by atoms with E-state index in [4.69, 9.17) is 10.8 Å². The maximum atomic E-state index is 12.2. The first-order valence-corrected chi connectivity index (χ1v) is 9.39. The normalized spacial score (nSPS) is 11.1. The Labute approximate surface area is 159 Å². The number of carboxylic acid groups (broad SMARTS) is 1. The van der Waals surface area contributed by atoms with E-state index < -0.39 is 32.9 Å². The van der Waals surface area contributed by atoms with Crippen molar-refractivity contribution >= 4 is 33.4 Å². The molecule has 11 nitrogen and oxygen atoms in total. The van der Waals surface area contributed by atoms with E-state index in [9.17, 15) is 22.8 Å². The number of rotatable bonds is 4. The Balaban J connectivity index is 2.29. The minimum absolute atomic E-state index is 0.143. The summed E-state index contributed by atoms with van der Waals surface area (Å²) in [7, 11) is -3.44. The fourth-order valence-electron chi connectivity index (χ4n) is 2.02. The van der Waals surface area contributed by atoms with Crippen LogP contribution in [0.1, 0.15) is 24.3 Å². The lowest BCUT2D eigenvalue weighted by molar-refractivity contribution is -0.150. The number of carbonyl (C=O) groups is 3. The van der Waals surface area contributed by atoms with Gasteiger partial charge in [-0.3, -0.25) is 20.4 Å². The molecule has 12 heteroatoms. The third-order valence-electron chi connectivity index (χ3n) is 3.60. The molecular formula is C16H17N5O6S. The van der Waals surface area contributed by atoms with E-state index in [2.05, 4.69) is 9.97 Å². The third kappa shape index (κ3) is 4.40. The molecule has 0 bridgehead atoms. The van der Waals surface area contributed by atoms with Crippen molar-refractivity contribution in [2.24, 2.45) is 0 Å². The Morgan fingerprint density at radius 3 is 2.25 bits per heavy atom. The van der Waals surface area contributed by atoms with E-state index in [1.165, 1.54) is 30.5 Å². The van der Waals surface area contributed by atoms with Gasteiger partial charge < -0.3 is 10.8 Å². The highest BCUT2D eigenvalue weighted by Crippen LogP contribution is 2.22. The van der Waals surface area contributed by atoms with Crippen molar-refractivity contribution in [2.45, 2.75) is 24.0 Å². The van der Waals surface area contributed by atoms with E-state index in [0.29, 0.717) is 5.56 Å². The van der Waals surface area contributed by atoms with Gasteiger partial charge in [-0.15, -0.1) is 0 Å². The van der Waals surface area contributed by atoms with Crippen molar-refractivity contribution in [1.29, 1.82) is 0 Å². The largest absolute Gasteiger partial charge is 0.474 e.